The summed E-state index contributed by atoms with van der Waals surface area (Å²) >= 11 is 0. The number of hydrogen-bond acceptors (Lipinski definition) is 2. The van der Waals surface area contributed by atoms with Gasteiger partial charge in [0.2, 0.25) is 0 Å². The lowest BCUT2D eigenvalue weighted by molar-refractivity contribution is 0.0956. The zero-order valence-corrected chi connectivity index (χ0v) is 17.5. The van der Waals surface area contributed by atoms with Crippen LogP contribution in [-0.4, -0.2) is 42.9 Å². The monoisotopic (exact) mass is 392 g/mol. The molecule has 1 amide bonds. The molecule has 154 valence electrons. The zero-order valence-electron chi connectivity index (χ0n) is 17.5. The zero-order chi connectivity index (χ0) is 20.5. The van der Waals surface area contributed by atoms with Crippen molar-refractivity contribution in [1.29, 1.82) is 0 Å². The highest BCUT2D eigenvalue weighted by Gasteiger charge is 2.24. The van der Waals surface area contributed by atoms with Crippen LogP contribution in [0.25, 0.3) is 0 Å². The molecule has 1 fully saturated rings. The van der Waals surface area contributed by atoms with E-state index in [2.05, 4.69) is 52.8 Å². The fourth-order valence-corrected chi connectivity index (χ4v) is 3.76. The lowest BCUT2D eigenvalue weighted by Crippen LogP contribution is -2.40. The van der Waals surface area contributed by atoms with Crippen molar-refractivity contribution in [2.24, 2.45) is 10.9 Å². The van der Waals surface area contributed by atoms with Gasteiger partial charge in [-0.1, -0.05) is 42.5 Å². The first kappa shape index (κ1) is 20.9. The number of carbonyl (C=O) groups excluding carboxylic acids is 1. The van der Waals surface area contributed by atoms with Crippen LogP contribution < -0.4 is 10.6 Å². The van der Waals surface area contributed by atoms with Crippen LogP contribution in [0.1, 0.15) is 41.8 Å². The summed E-state index contributed by atoms with van der Waals surface area (Å²) < 4.78 is 0. The molecule has 5 nitrogen and oxygen atoms in total. The Morgan fingerprint density at radius 2 is 1.72 bits per heavy atom. The fourth-order valence-electron chi connectivity index (χ4n) is 3.76. The first-order valence-corrected chi connectivity index (χ1v) is 10.6. The van der Waals surface area contributed by atoms with Gasteiger partial charge in [-0.15, -0.1) is 0 Å². The predicted molar refractivity (Wildman–Crippen MR) is 119 cm³/mol. The van der Waals surface area contributed by atoms with E-state index in [1.807, 2.05) is 31.2 Å². The number of nitrogens with zero attached hydrogens (tertiary/aromatic N) is 2. The molecule has 3 rings (SSSR count). The van der Waals surface area contributed by atoms with Crippen molar-refractivity contribution < 1.29 is 4.79 Å². The molecule has 1 heterocycles. The van der Waals surface area contributed by atoms with Crippen molar-refractivity contribution in [3.05, 3.63) is 71.3 Å². The van der Waals surface area contributed by atoms with Crippen molar-refractivity contribution in [1.82, 2.24) is 15.5 Å². The lowest BCUT2D eigenvalue weighted by Gasteiger charge is -2.21. The van der Waals surface area contributed by atoms with Crippen LogP contribution in [0.5, 0.6) is 0 Å². The van der Waals surface area contributed by atoms with Gasteiger partial charge < -0.3 is 15.5 Å². The lowest BCUT2D eigenvalue weighted by atomic mass is 9.99. The number of likely N-dealkylation sites (tertiary alicyclic amines) is 1. The molecule has 2 aromatic rings. The molecule has 5 heteroatoms. The molecule has 2 N–H and O–H groups in total. The highest BCUT2D eigenvalue weighted by atomic mass is 16.1. The Balaban J connectivity index is 1.59. The highest BCUT2D eigenvalue weighted by Crippen LogP contribution is 2.21. The van der Waals surface area contributed by atoms with Gasteiger partial charge in [0.15, 0.2) is 5.96 Å². The minimum Gasteiger partial charge on any atom is -0.357 e. The Morgan fingerprint density at radius 1 is 1.00 bits per heavy atom. The molecule has 0 bridgehead atoms. The highest BCUT2D eigenvalue weighted by molar-refractivity contribution is 5.94. The van der Waals surface area contributed by atoms with Gasteiger partial charge in [0, 0.05) is 31.7 Å². The summed E-state index contributed by atoms with van der Waals surface area (Å²) in [7, 11) is 0. The van der Waals surface area contributed by atoms with Gasteiger partial charge in [0.25, 0.3) is 5.91 Å². The van der Waals surface area contributed by atoms with E-state index in [4.69, 9.17) is 4.99 Å². The molecular weight excluding hydrogens is 360 g/mol. The quantitative estimate of drug-likeness (QED) is 0.560. The normalized spacial score (nSPS) is 16.7. The molecule has 1 saturated heterocycles. The summed E-state index contributed by atoms with van der Waals surface area (Å²) in [5.41, 5.74) is 3.21. The van der Waals surface area contributed by atoms with Crippen molar-refractivity contribution in [2.45, 2.75) is 33.2 Å². The van der Waals surface area contributed by atoms with E-state index in [1.165, 1.54) is 12.0 Å². The van der Waals surface area contributed by atoms with Gasteiger partial charge in [0.05, 0.1) is 6.54 Å². The summed E-state index contributed by atoms with van der Waals surface area (Å²) in [6.45, 7) is 8.21. The molecule has 0 aromatic heterocycles. The van der Waals surface area contributed by atoms with E-state index in [1.54, 1.807) is 0 Å². The number of aliphatic imine (C=N–C) groups is 1. The second-order valence-electron chi connectivity index (χ2n) is 7.52. The molecule has 1 atom stereocenters. The maximum Gasteiger partial charge on any atom is 0.251 e. The molecular formula is C24H32N4O. The summed E-state index contributed by atoms with van der Waals surface area (Å²) in [6.07, 6.45) is 2.32. The third-order valence-electron chi connectivity index (χ3n) is 5.25. The topological polar surface area (TPSA) is 56.7 Å². The minimum absolute atomic E-state index is 0.0302. The van der Waals surface area contributed by atoms with Gasteiger partial charge in [-0.25, -0.2) is 4.99 Å². The molecule has 2 aromatic carbocycles. The Morgan fingerprint density at radius 3 is 2.41 bits per heavy atom. The smallest absolute Gasteiger partial charge is 0.251 e. The Kier molecular flexibility index (Phi) is 7.68. The molecule has 1 aliphatic heterocycles. The van der Waals surface area contributed by atoms with E-state index in [0.717, 1.165) is 37.6 Å². The predicted octanol–water partition coefficient (Wildman–Crippen LogP) is 3.47. The van der Waals surface area contributed by atoms with Crippen LogP contribution >= 0.6 is 0 Å². The molecule has 29 heavy (non-hydrogen) atoms. The Hall–Kier alpha value is -2.82. The summed E-state index contributed by atoms with van der Waals surface area (Å²) in [4.78, 5) is 19.1. The fraction of sp³-hybridized carbons (Fsp3) is 0.417. The number of amides is 1. The van der Waals surface area contributed by atoms with E-state index < -0.39 is 0 Å². The number of hydrogen-bond donors (Lipinski definition) is 2. The minimum atomic E-state index is -0.0302. The molecule has 0 radical (unpaired) electrons. The standard InChI is InChI=1S/C24H32N4O/c1-3-25-23(29)22-12-10-20(11-13-22)17-27-24(26-4-2)28-15-14-21(18-28)16-19-8-6-5-7-9-19/h5-13,21H,3-4,14-18H2,1-2H3,(H,25,29)(H,26,27). The van der Waals surface area contributed by atoms with E-state index in [0.29, 0.717) is 24.6 Å². The Labute approximate surface area is 174 Å². The molecule has 0 saturated carbocycles. The van der Waals surface area contributed by atoms with Gasteiger partial charge in [0.1, 0.15) is 0 Å². The van der Waals surface area contributed by atoms with Gasteiger partial charge in [-0.05, 0) is 55.9 Å². The summed E-state index contributed by atoms with van der Waals surface area (Å²) in [5.74, 6) is 1.62. The molecule has 0 aliphatic carbocycles. The number of guanidine groups is 1. The van der Waals surface area contributed by atoms with Gasteiger partial charge >= 0.3 is 0 Å². The largest absolute Gasteiger partial charge is 0.357 e. The number of benzene rings is 2. The van der Waals surface area contributed by atoms with Crippen LogP contribution in [0.3, 0.4) is 0 Å². The van der Waals surface area contributed by atoms with Gasteiger partial charge in [-0.3, -0.25) is 4.79 Å². The van der Waals surface area contributed by atoms with Crippen LogP contribution in [0.2, 0.25) is 0 Å². The number of nitrogens with one attached hydrogen (secondary N) is 2. The van der Waals surface area contributed by atoms with Crippen molar-refractivity contribution >= 4 is 11.9 Å². The number of rotatable bonds is 7. The third kappa shape index (κ3) is 6.08. The molecule has 1 aliphatic rings. The van der Waals surface area contributed by atoms with Crippen LogP contribution in [0, 0.1) is 5.92 Å². The van der Waals surface area contributed by atoms with Crippen LogP contribution in [-0.2, 0) is 13.0 Å². The maximum atomic E-state index is 11.9. The second-order valence-corrected chi connectivity index (χ2v) is 7.52. The van der Waals surface area contributed by atoms with E-state index in [-0.39, 0.29) is 5.91 Å². The van der Waals surface area contributed by atoms with Crippen molar-refractivity contribution in [3.8, 4) is 0 Å². The summed E-state index contributed by atoms with van der Waals surface area (Å²) in [5, 5.41) is 6.26. The maximum absolute atomic E-state index is 11.9. The van der Waals surface area contributed by atoms with E-state index in [9.17, 15) is 4.79 Å². The van der Waals surface area contributed by atoms with Crippen molar-refractivity contribution in [3.63, 3.8) is 0 Å². The van der Waals surface area contributed by atoms with E-state index >= 15 is 0 Å². The number of carbonyl (C=O) groups is 1. The SMILES string of the molecule is CCNC(=O)c1ccc(CN=C(NCC)N2CCC(Cc3ccccc3)C2)cc1. The first-order valence-electron chi connectivity index (χ1n) is 10.6. The van der Waals surface area contributed by atoms with Crippen LogP contribution in [0.4, 0.5) is 0 Å². The Bertz CT molecular complexity index is 801. The molecule has 1 unspecified atom stereocenters. The average molecular weight is 393 g/mol. The van der Waals surface area contributed by atoms with Crippen molar-refractivity contribution in [2.75, 3.05) is 26.2 Å². The molecule has 0 spiro atoms. The second kappa shape index (κ2) is 10.6. The average Bonchev–Trinajstić information content (AvgIpc) is 3.20. The van der Waals surface area contributed by atoms with Gasteiger partial charge in [-0.2, -0.15) is 0 Å². The van der Waals surface area contributed by atoms with Crippen LogP contribution in [0.15, 0.2) is 59.6 Å². The third-order valence-corrected chi connectivity index (χ3v) is 5.25. The summed E-state index contributed by atoms with van der Waals surface area (Å²) in [6, 6.07) is 18.4. The first-order chi connectivity index (χ1) is 14.2.